The molecule has 0 saturated carbocycles. The van der Waals surface area contributed by atoms with Gasteiger partial charge in [-0.2, -0.15) is 0 Å². The van der Waals surface area contributed by atoms with Gasteiger partial charge in [0, 0.05) is 18.9 Å². The summed E-state index contributed by atoms with van der Waals surface area (Å²) >= 11 is 0. The molecule has 0 fully saturated rings. The van der Waals surface area contributed by atoms with E-state index < -0.39 is 6.04 Å². The minimum atomic E-state index is -0.422. The molecule has 1 aromatic carbocycles. The van der Waals surface area contributed by atoms with Crippen molar-refractivity contribution in [2.45, 2.75) is 18.9 Å². The van der Waals surface area contributed by atoms with Crippen LogP contribution in [0.4, 0.5) is 4.39 Å². The fraction of sp³-hybridized carbons (Fsp3) is 0.333. The molecule has 1 aromatic heterocycles. The number of aromatic nitrogens is 1. The fourth-order valence-corrected chi connectivity index (χ4v) is 2.48. The normalized spacial score (nSPS) is 12.2. The van der Waals surface area contributed by atoms with Gasteiger partial charge < -0.3 is 5.32 Å². The van der Waals surface area contributed by atoms with Crippen molar-refractivity contribution >= 4 is 5.91 Å². The van der Waals surface area contributed by atoms with Crippen molar-refractivity contribution in [3.8, 4) is 0 Å². The van der Waals surface area contributed by atoms with Gasteiger partial charge in [-0.3, -0.25) is 14.7 Å². The molecule has 0 unspecified atom stereocenters. The second-order valence-corrected chi connectivity index (χ2v) is 5.67. The van der Waals surface area contributed by atoms with E-state index in [1.807, 2.05) is 37.3 Å². The highest BCUT2D eigenvalue weighted by Crippen LogP contribution is 2.18. The number of nitrogens with zero attached hydrogens (tertiary/aromatic N) is 2. The number of pyridine rings is 1. The van der Waals surface area contributed by atoms with Gasteiger partial charge in [0.2, 0.25) is 5.91 Å². The molecular weight excluding hydrogens is 293 g/mol. The Morgan fingerprint density at radius 2 is 2.00 bits per heavy atom. The first-order valence-corrected chi connectivity index (χ1v) is 7.66. The standard InChI is InChI=1S/C18H22FN3O/c1-22(2)17(15-7-9-16(19)10-8-15)18(23)21-12-4-6-14-5-3-11-20-13-14/h3,5,7-11,13,17H,4,6,12H2,1-2H3,(H,21,23)/t17-/m1/s1. The molecule has 1 heterocycles. The second kappa shape index (κ2) is 8.39. The first-order valence-electron chi connectivity index (χ1n) is 7.66. The van der Waals surface area contributed by atoms with E-state index in [0.29, 0.717) is 6.54 Å². The highest BCUT2D eigenvalue weighted by atomic mass is 19.1. The summed E-state index contributed by atoms with van der Waals surface area (Å²) in [5.74, 6) is -0.379. The van der Waals surface area contributed by atoms with Crippen LogP contribution >= 0.6 is 0 Å². The van der Waals surface area contributed by atoms with E-state index in [1.165, 1.54) is 12.1 Å². The van der Waals surface area contributed by atoms with Crippen LogP contribution in [0, 0.1) is 5.82 Å². The van der Waals surface area contributed by atoms with Crippen molar-refractivity contribution in [3.05, 3.63) is 65.7 Å². The lowest BCUT2D eigenvalue weighted by molar-refractivity contribution is -0.125. The van der Waals surface area contributed by atoms with Crippen molar-refractivity contribution in [2.24, 2.45) is 0 Å². The molecule has 4 nitrogen and oxygen atoms in total. The zero-order valence-corrected chi connectivity index (χ0v) is 13.5. The fourth-order valence-electron chi connectivity index (χ4n) is 2.48. The highest BCUT2D eigenvalue weighted by molar-refractivity contribution is 5.83. The van der Waals surface area contributed by atoms with Crippen LogP contribution in [0.15, 0.2) is 48.8 Å². The van der Waals surface area contributed by atoms with E-state index >= 15 is 0 Å². The van der Waals surface area contributed by atoms with E-state index in [0.717, 1.165) is 24.0 Å². The number of hydrogen-bond acceptors (Lipinski definition) is 3. The average molecular weight is 315 g/mol. The Labute approximate surface area is 136 Å². The van der Waals surface area contributed by atoms with E-state index in [1.54, 1.807) is 18.3 Å². The van der Waals surface area contributed by atoms with E-state index in [4.69, 9.17) is 0 Å². The number of likely N-dealkylation sites (N-methyl/N-ethyl adjacent to an activating group) is 1. The second-order valence-electron chi connectivity index (χ2n) is 5.67. The minimum Gasteiger partial charge on any atom is -0.354 e. The Hall–Kier alpha value is -2.27. The van der Waals surface area contributed by atoms with Gasteiger partial charge in [0.05, 0.1) is 0 Å². The summed E-state index contributed by atoms with van der Waals surface area (Å²) in [4.78, 5) is 18.3. The van der Waals surface area contributed by atoms with Gasteiger partial charge in [0.1, 0.15) is 11.9 Å². The Morgan fingerprint density at radius 3 is 2.61 bits per heavy atom. The van der Waals surface area contributed by atoms with Crippen molar-refractivity contribution in [1.29, 1.82) is 0 Å². The Bertz CT molecular complexity index is 614. The molecular formula is C18H22FN3O. The Balaban J connectivity index is 1.87. The molecule has 0 aliphatic carbocycles. The van der Waals surface area contributed by atoms with Crippen LogP contribution in [0.1, 0.15) is 23.6 Å². The lowest BCUT2D eigenvalue weighted by atomic mass is 10.0. The number of rotatable bonds is 7. The molecule has 0 saturated heterocycles. The van der Waals surface area contributed by atoms with Crippen molar-refractivity contribution in [3.63, 3.8) is 0 Å². The smallest absolute Gasteiger partial charge is 0.241 e. The molecule has 0 bridgehead atoms. The lowest BCUT2D eigenvalue weighted by Crippen LogP contribution is -2.37. The number of carbonyl (C=O) groups is 1. The third-order valence-corrected chi connectivity index (χ3v) is 3.61. The zero-order chi connectivity index (χ0) is 16.7. The number of hydrogen-bond donors (Lipinski definition) is 1. The topological polar surface area (TPSA) is 45.2 Å². The van der Waals surface area contributed by atoms with Crippen LogP contribution in [0.5, 0.6) is 0 Å². The Morgan fingerprint density at radius 1 is 1.26 bits per heavy atom. The molecule has 122 valence electrons. The highest BCUT2D eigenvalue weighted by Gasteiger charge is 2.22. The zero-order valence-electron chi connectivity index (χ0n) is 13.5. The summed E-state index contributed by atoms with van der Waals surface area (Å²) in [5.41, 5.74) is 1.94. The number of amides is 1. The largest absolute Gasteiger partial charge is 0.354 e. The SMILES string of the molecule is CN(C)[C@@H](C(=O)NCCCc1cccnc1)c1ccc(F)cc1. The van der Waals surface area contributed by atoms with Crippen LogP contribution < -0.4 is 5.32 Å². The molecule has 2 rings (SSSR count). The number of halogens is 1. The van der Waals surface area contributed by atoms with Gasteiger partial charge in [-0.05, 0) is 56.3 Å². The minimum absolute atomic E-state index is 0.0761. The van der Waals surface area contributed by atoms with E-state index in [9.17, 15) is 9.18 Å². The first kappa shape index (κ1) is 17.1. The summed E-state index contributed by atoms with van der Waals surface area (Å²) in [6.07, 6.45) is 5.30. The summed E-state index contributed by atoms with van der Waals surface area (Å²) in [6, 6.07) is 9.56. The van der Waals surface area contributed by atoms with Crippen LogP contribution in [0.3, 0.4) is 0 Å². The number of carbonyl (C=O) groups excluding carboxylic acids is 1. The maximum atomic E-state index is 13.0. The van der Waals surface area contributed by atoms with E-state index in [2.05, 4.69) is 10.3 Å². The van der Waals surface area contributed by atoms with Crippen molar-refractivity contribution in [1.82, 2.24) is 15.2 Å². The van der Waals surface area contributed by atoms with Gasteiger partial charge in [-0.15, -0.1) is 0 Å². The first-order chi connectivity index (χ1) is 11.1. The van der Waals surface area contributed by atoms with Gasteiger partial charge in [-0.1, -0.05) is 18.2 Å². The molecule has 0 aliphatic rings. The van der Waals surface area contributed by atoms with Crippen LogP contribution in [-0.2, 0) is 11.2 Å². The molecule has 0 radical (unpaired) electrons. The molecule has 1 N–H and O–H groups in total. The summed E-state index contributed by atoms with van der Waals surface area (Å²) in [5, 5.41) is 2.95. The molecule has 0 spiro atoms. The predicted molar refractivity (Wildman–Crippen MR) is 88.4 cm³/mol. The van der Waals surface area contributed by atoms with Crippen LogP contribution in [0.2, 0.25) is 0 Å². The van der Waals surface area contributed by atoms with Gasteiger partial charge in [0.15, 0.2) is 0 Å². The van der Waals surface area contributed by atoms with Gasteiger partial charge in [0.25, 0.3) is 0 Å². The molecule has 1 atom stereocenters. The van der Waals surface area contributed by atoms with Crippen LogP contribution in [0.25, 0.3) is 0 Å². The molecule has 23 heavy (non-hydrogen) atoms. The third kappa shape index (κ3) is 5.14. The lowest BCUT2D eigenvalue weighted by Gasteiger charge is -2.23. The molecule has 1 amide bonds. The summed E-state index contributed by atoms with van der Waals surface area (Å²) in [7, 11) is 3.67. The van der Waals surface area contributed by atoms with Gasteiger partial charge >= 0.3 is 0 Å². The molecule has 5 heteroatoms. The molecule has 2 aromatic rings. The van der Waals surface area contributed by atoms with E-state index in [-0.39, 0.29) is 11.7 Å². The maximum absolute atomic E-state index is 13.0. The Kier molecular flexibility index (Phi) is 6.23. The quantitative estimate of drug-likeness (QED) is 0.799. The van der Waals surface area contributed by atoms with Crippen molar-refractivity contribution in [2.75, 3.05) is 20.6 Å². The predicted octanol–water partition coefficient (Wildman–Crippen LogP) is 2.57. The summed E-state index contributed by atoms with van der Waals surface area (Å²) in [6.45, 7) is 0.596. The average Bonchev–Trinajstić information content (AvgIpc) is 2.54. The number of benzene rings is 1. The third-order valence-electron chi connectivity index (χ3n) is 3.61. The van der Waals surface area contributed by atoms with Crippen molar-refractivity contribution < 1.29 is 9.18 Å². The van der Waals surface area contributed by atoms with Gasteiger partial charge in [-0.25, -0.2) is 4.39 Å². The number of aryl methyl sites for hydroxylation is 1. The number of nitrogens with one attached hydrogen (secondary N) is 1. The van der Waals surface area contributed by atoms with Crippen LogP contribution in [-0.4, -0.2) is 36.4 Å². The molecule has 0 aliphatic heterocycles. The summed E-state index contributed by atoms with van der Waals surface area (Å²) < 4.78 is 13.0. The monoisotopic (exact) mass is 315 g/mol. The maximum Gasteiger partial charge on any atom is 0.241 e.